The summed E-state index contributed by atoms with van der Waals surface area (Å²) in [6, 6.07) is 11.5. The van der Waals surface area contributed by atoms with Gasteiger partial charge in [-0.15, -0.1) is 0 Å². The number of hydrogen-bond donors (Lipinski definition) is 2. The van der Waals surface area contributed by atoms with Gasteiger partial charge in [-0.3, -0.25) is 13.9 Å². The van der Waals surface area contributed by atoms with E-state index in [1.165, 1.54) is 35.7 Å². The van der Waals surface area contributed by atoms with E-state index >= 15 is 0 Å². The number of nitrogens with one attached hydrogen (secondary N) is 2. The number of pyridine rings is 1. The number of aromatic amines is 1. The largest absolute Gasteiger partial charge is 0.360 e. The lowest BCUT2D eigenvalue weighted by Gasteiger charge is -2.22. The third kappa shape index (κ3) is 5.72. The van der Waals surface area contributed by atoms with Crippen molar-refractivity contribution in [2.24, 2.45) is 0 Å². The van der Waals surface area contributed by atoms with Crippen LogP contribution in [0.4, 0.5) is 5.69 Å². The zero-order chi connectivity index (χ0) is 25.6. The minimum atomic E-state index is -3.95. The molecule has 1 amide bonds. The minimum Gasteiger partial charge on any atom is -0.360 e. The zero-order valence-electron chi connectivity index (χ0n) is 20.3. The van der Waals surface area contributed by atoms with Gasteiger partial charge in [-0.2, -0.15) is 0 Å². The van der Waals surface area contributed by atoms with Crippen LogP contribution in [0.2, 0.25) is 0 Å². The monoisotopic (exact) mass is 501 g/mol. The Morgan fingerprint density at radius 2 is 1.77 bits per heavy atom. The predicted octanol–water partition coefficient (Wildman–Crippen LogP) is 3.04. The number of nitrogens with zero attached hydrogens (tertiary/aromatic N) is 1. The van der Waals surface area contributed by atoms with Crippen molar-refractivity contribution in [1.82, 2.24) is 10.3 Å². The van der Waals surface area contributed by atoms with E-state index < -0.39 is 27.6 Å². The van der Waals surface area contributed by atoms with Crippen molar-refractivity contribution in [2.75, 3.05) is 31.1 Å². The lowest BCUT2D eigenvalue weighted by atomic mass is 10.1. The summed E-state index contributed by atoms with van der Waals surface area (Å²) in [6.45, 7) is 6.45. The molecule has 3 aromatic rings. The maximum atomic E-state index is 13.4. The highest BCUT2D eigenvalue weighted by atomic mass is 32.2. The number of ether oxygens (including phenoxy) is 2. The first kappa shape index (κ1) is 26.4. The van der Waals surface area contributed by atoms with Crippen molar-refractivity contribution in [3.8, 4) is 0 Å². The molecule has 0 radical (unpaired) electrons. The van der Waals surface area contributed by atoms with Gasteiger partial charge in [0.2, 0.25) is 5.43 Å². The summed E-state index contributed by atoms with van der Waals surface area (Å²) < 4.78 is 38.8. The first-order valence-corrected chi connectivity index (χ1v) is 12.9. The quantitative estimate of drug-likeness (QED) is 0.390. The van der Waals surface area contributed by atoms with E-state index in [4.69, 9.17) is 9.47 Å². The smallest absolute Gasteiger partial charge is 0.264 e. The highest BCUT2D eigenvalue weighted by Gasteiger charge is 2.24. The van der Waals surface area contributed by atoms with Crippen molar-refractivity contribution < 1.29 is 22.7 Å². The number of hydrogen-bond acceptors (Lipinski definition) is 6. The number of aromatic nitrogens is 1. The first-order chi connectivity index (χ1) is 16.7. The number of sulfonamides is 1. The normalized spacial score (nSPS) is 11.7. The first-order valence-electron chi connectivity index (χ1n) is 11.5. The Labute approximate surface area is 205 Å². The molecule has 0 unspecified atom stereocenters. The molecule has 0 bridgehead atoms. The van der Waals surface area contributed by atoms with Gasteiger partial charge in [-0.1, -0.05) is 25.1 Å². The maximum absolute atomic E-state index is 13.4. The molecule has 0 atom stereocenters. The molecule has 1 heterocycles. The number of para-hydroxylation sites is 1. The summed E-state index contributed by atoms with van der Waals surface area (Å²) in [7, 11) is -2.47. The Morgan fingerprint density at radius 1 is 1.09 bits per heavy atom. The average Bonchev–Trinajstić information content (AvgIpc) is 2.86. The van der Waals surface area contributed by atoms with Crippen LogP contribution in [0.1, 0.15) is 36.7 Å². The van der Waals surface area contributed by atoms with E-state index in [1.807, 2.05) is 32.9 Å². The van der Waals surface area contributed by atoms with E-state index in [9.17, 15) is 18.0 Å². The predicted molar refractivity (Wildman–Crippen MR) is 135 cm³/mol. The molecule has 188 valence electrons. The molecule has 9 nitrogen and oxygen atoms in total. The molecule has 3 rings (SSSR count). The van der Waals surface area contributed by atoms with Crippen molar-refractivity contribution in [3.05, 3.63) is 70.0 Å². The number of aryl methyl sites for hydroxylation is 1. The average molecular weight is 502 g/mol. The van der Waals surface area contributed by atoms with Crippen molar-refractivity contribution in [2.45, 2.75) is 38.4 Å². The number of fused-ring (bicyclic) bond motifs is 1. The number of rotatable bonds is 11. The lowest BCUT2D eigenvalue weighted by molar-refractivity contribution is -0.131. The number of H-pyrrole nitrogens is 1. The van der Waals surface area contributed by atoms with Gasteiger partial charge in [-0.05, 0) is 50.1 Å². The van der Waals surface area contributed by atoms with Crippen LogP contribution in [-0.2, 0) is 25.9 Å². The van der Waals surface area contributed by atoms with Gasteiger partial charge in [0.05, 0.1) is 17.1 Å². The molecular formula is C25H31N3O6S. The van der Waals surface area contributed by atoms with Crippen LogP contribution in [0.25, 0.3) is 10.9 Å². The molecule has 0 aliphatic heterocycles. The van der Waals surface area contributed by atoms with Gasteiger partial charge in [0.25, 0.3) is 15.9 Å². The van der Waals surface area contributed by atoms with Gasteiger partial charge in [-0.25, -0.2) is 8.42 Å². The summed E-state index contributed by atoms with van der Waals surface area (Å²) in [4.78, 5) is 28.7. The van der Waals surface area contributed by atoms with Crippen LogP contribution in [0.5, 0.6) is 0 Å². The molecule has 0 spiro atoms. The lowest BCUT2D eigenvalue weighted by Crippen LogP contribution is -2.37. The Bertz CT molecular complexity index is 1350. The summed E-state index contributed by atoms with van der Waals surface area (Å²) in [5.74, 6) is -0.611. The molecule has 0 fully saturated rings. The summed E-state index contributed by atoms with van der Waals surface area (Å²) in [5.41, 5.74) is 1.16. The van der Waals surface area contributed by atoms with E-state index in [1.54, 1.807) is 12.1 Å². The Morgan fingerprint density at radius 3 is 2.43 bits per heavy atom. The van der Waals surface area contributed by atoms with E-state index in [0.29, 0.717) is 30.8 Å². The van der Waals surface area contributed by atoms with Crippen LogP contribution in [0.15, 0.2) is 58.4 Å². The molecular weight excluding hydrogens is 470 g/mol. The topological polar surface area (TPSA) is 118 Å². The van der Waals surface area contributed by atoms with Gasteiger partial charge < -0.3 is 19.8 Å². The second-order valence-electron chi connectivity index (χ2n) is 7.74. The molecule has 0 aliphatic rings. The zero-order valence-corrected chi connectivity index (χ0v) is 21.1. The third-order valence-corrected chi connectivity index (χ3v) is 7.37. The molecule has 1 aromatic heterocycles. The van der Waals surface area contributed by atoms with Crippen molar-refractivity contribution in [3.63, 3.8) is 0 Å². The second-order valence-corrected chi connectivity index (χ2v) is 9.71. The second kappa shape index (κ2) is 11.5. The fraction of sp³-hybridized carbons (Fsp3) is 0.360. The Balaban J connectivity index is 1.94. The summed E-state index contributed by atoms with van der Waals surface area (Å²) in [6.07, 6.45) is 1.35. The SMILES string of the molecule is CCOC(CNC(=O)c1c[nH]c2ccc(S(=O)(=O)N(C)c3ccccc3CC)cc2c1=O)OCC. The fourth-order valence-corrected chi connectivity index (χ4v) is 5.00. The van der Waals surface area contributed by atoms with Crippen LogP contribution < -0.4 is 15.1 Å². The molecule has 2 aromatic carbocycles. The molecule has 2 N–H and O–H groups in total. The number of anilines is 1. The number of carbonyl (C=O) groups excluding carboxylic acids is 1. The van der Waals surface area contributed by atoms with Gasteiger partial charge in [0, 0.05) is 37.4 Å². The number of benzene rings is 2. The standard InChI is InChI=1S/C25H31N3O6S/c1-5-17-10-8-9-11-22(17)28(4)35(31,32)18-12-13-21-19(14-18)24(29)20(15-26-21)25(30)27-16-23(33-6-2)34-7-3/h8-15,23H,5-7,16H2,1-4H3,(H,26,29)(H,27,30). The molecule has 0 saturated carbocycles. The fourth-order valence-electron chi connectivity index (χ4n) is 3.74. The Hall–Kier alpha value is -3.21. The van der Waals surface area contributed by atoms with Crippen LogP contribution in [0, 0.1) is 0 Å². The van der Waals surface area contributed by atoms with Crippen LogP contribution in [0.3, 0.4) is 0 Å². The highest BCUT2D eigenvalue weighted by molar-refractivity contribution is 7.92. The van der Waals surface area contributed by atoms with Gasteiger partial charge >= 0.3 is 0 Å². The van der Waals surface area contributed by atoms with E-state index in [0.717, 1.165) is 5.56 Å². The third-order valence-electron chi connectivity index (χ3n) is 5.60. The maximum Gasteiger partial charge on any atom is 0.264 e. The number of carbonyl (C=O) groups is 1. The molecule has 10 heteroatoms. The molecule has 35 heavy (non-hydrogen) atoms. The van der Waals surface area contributed by atoms with E-state index in [2.05, 4.69) is 10.3 Å². The Kier molecular flexibility index (Phi) is 8.66. The van der Waals surface area contributed by atoms with E-state index in [-0.39, 0.29) is 22.4 Å². The van der Waals surface area contributed by atoms with Crippen LogP contribution >= 0.6 is 0 Å². The molecule has 0 saturated heterocycles. The van der Waals surface area contributed by atoms with Gasteiger partial charge in [0.1, 0.15) is 5.56 Å². The number of amides is 1. The van der Waals surface area contributed by atoms with Crippen LogP contribution in [-0.4, -0.2) is 52.4 Å². The van der Waals surface area contributed by atoms with Gasteiger partial charge in [0.15, 0.2) is 6.29 Å². The molecule has 0 aliphatic carbocycles. The van der Waals surface area contributed by atoms with Crippen molar-refractivity contribution >= 4 is 32.5 Å². The highest BCUT2D eigenvalue weighted by Crippen LogP contribution is 2.27. The summed E-state index contributed by atoms with van der Waals surface area (Å²) >= 11 is 0. The van der Waals surface area contributed by atoms with Crippen molar-refractivity contribution in [1.29, 1.82) is 0 Å². The minimum absolute atomic E-state index is 0.0470. The summed E-state index contributed by atoms with van der Waals surface area (Å²) in [5, 5.41) is 2.74.